The summed E-state index contributed by atoms with van der Waals surface area (Å²) in [5.41, 5.74) is 1.08. The standard InChI is InChI=1S/C22H34FN7O.HI/c1-4-5-10-24-22(26-16-21-28-27-17(2)29(21)3)25-15-20(30-11-13-31-14-12-30)18-6-8-19(23)9-7-18;/h6-9,20H,4-5,10-16H2,1-3H3,(H2,24,25,26);1H. The summed E-state index contributed by atoms with van der Waals surface area (Å²) in [6, 6.07) is 6.86. The fourth-order valence-corrected chi connectivity index (χ4v) is 3.52. The Hall–Kier alpha value is -1.79. The van der Waals surface area contributed by atoms with Crippen molar-refractivity contribution in [2.45, 2.75) is 39.3 Å². The van der Waals surface area contributed by atoms with Crippen molar-refractivity contribution in [3.8, 4) is 0 Å². The van der Waals surface area contributed by atoms with E-state index in [9.17, 15) is 4.39 Å². The number of hydrogen-bond acceptors (Lipinski definition) is 5. The molecule has 3 rings (SSSR count). The van der Waals surface area contributed by atoms with E-state index < -0.39 is 0 Å². The Morgan fingerprint density at radius 1 is 1.19 bits per heavy atom. The van der Waals surface area contributed by atoms with Crippen LogP contribution in [0.4, 0.5) is 4.39 Å². The molecule has 0 bridgehead atoms. The highest BCUT2D eigenvalue weighted by molar-refractivity contribution is 14.0. The SMILES string of the molecule is CCCCNC(=NCc1nnc(C)n1C)NCC(c1ccc(F)cc1)N1CCOCC1.I. The van der Waals surface area contributed by atoms with Crippen molar-refractivity contribution in [3.05, 3.63) is 47.3 Å². The molecule has 1 aliphatic heterocycles. The van der Waals surface area contributed by atoms with Crippen LogP contribution < -0.4 is 10.6 Å². The zero-order chi connectivity index (χ0) is 22.1. The first kappa shape index (κ1) is 26.5. The maximum Gasteiger partial charge on any atom is 0.191 e. The van der Waals surface area contributed by atoms with E-state index in [-0.39, 0.29) is 35.8 Å². The molecule has 1 saturated heterocycles. The Morgan fingerprint density at radius 2 is 1.91 bits per heavy atom. The Bertz CT molecular complexity index is 837. The summed E-state index contributed by atoms with van der Waals surface area (Å²) in [5.74, 6) is 2.20. The molecule has 0 amide bonds. The van der Waals surface area contributed by atoms with Gasteiger partial charge < -0.3 is 19.9 Å². The minimum atomic E-state index is -0.222. The van der Waals surface area contributed by atoms with Gasteiger partial charge in [0.05, 0.1) is 19.3 Å². The van der Waals surface area contributed by atoms with Gasteiger partial charge in [-0.15, -0.1) is 34.2 Å². The number of aliphatic imine (C=N–C) groups is 1. The summed E-state index contributed by atoms with van der Waals surface area (Å²) < 4.78 is 21.0. The molecule has 0 radical (unpaired) electrons. The summed E-state index contributed by atoms with van der Waals surface area (Å²) in [5, 5.41) is 15.2. The lowest BCUT2D eigenvalue weighted by molar-refractivity contribution is 0.0170. The van der Waals surface area contributed by atoms with E-state index in [1.165, 1.54) is 12.1 Å². The first-order valence-corrected chi connectivity index (χ1v) is 11.0. The van der Waals surface area contributed by atoms with Crippen LogP contribution in [0.3, 0.4) is 0 Å². The maximum absolute atomic E-state index is 13.5. The molecule has 2 aromatic rings. The van der Waals surface area contributed by atoms with E-state index in [4.69, 9.17) is 9.73 Å². The molecule has 1 aromatic heterocycles. The molecule has 1 unspecified atom stereocenters. The first-order chi connectivity index (χ1) is 15.1. The largest absolute Gasteiger partial charge is 0.379 e. The number of morpholine rings is 1. The smallest absolute Gasteiger partial charge is 0.191 e. The van der Waals surface area contributed by atoms with Crippen molar-refractivity contribution in [2.75, 3.05) is 39.4 Å². The van der Waals surface area contributed by atoms with Crippen LogP contribution in [0.2, 0.25) is 0 Å². The molecule has 0 spiro atoms. The summed E-state index contributed by atoms with van der Waals surface area (Å²) >= 11 is 0. The third-order valence-corrected chi connectivity index (χ3v) is 5.59. The number of nitrogens with one attached hydrogen (secondary N) is 2. The van der Waals surface area contributed by atoms with Gasteiger partial charge in [0, 0.05) is 33.2 Å². The molecule has 32 heavy (non-hydrogen) atoms. The highest BCUT2D eigenvalue weighted by Crippen LogP contribution is 2.21. The van der Waals surface area contributed by atoms with Gasteiger partial charge in [-0.05, 0) is 31.0 Å². The monoisotopic (exact) mass is 559 g/mol. The van der Waals surface area contributed by atoms with Gasteiger partial charge in [-0.25, -0.2) is 9.38 Å². The molecule has 2 heterocycles. The number of nitrogens with zero attached hydrogens (tertiary/aromatic N) is 5. The predicted octanol–water partition coefficient (Wildman–Crippen LogP) is 2.79. The van der Waals surface area contributed by atoms with E-state index in [1.807, 2.05) is 30.7 Å². The lowest BCUT2D eigenvalue weighted by Gasteiger charge is -2.35. The van der Waals surface area contributed by atoms with Gasteiger partial charge in [-0.3, -0.25) is 4.90 Å². The highest BCUT2D eigenvalue weighted by Gasteiger charge is 2.23. The van der Waals surface area contributed by atoms with Gasteiger partial charge in [-0.1, -0.05) is 25.5 Å². The van der Waals surface area contributed by atoms with Crippen molar-refractivity contribution >= 4 is 29.9 Å². The zero-order valence-corrected chi connectivity index (χ0v) is 21.5. The Morgan fingerprint density at radius 3 is 2.53 bits per heavy atom. The van der Waals surface area contributed by atoms with Crippen molar-refractivity contribution in [1.29, 1.82) is 0 Å². The summed E-state index contributed by atoms with van der Waals surface area (Å²) in [6.45, 7) is 9.14. The first-order valence-electron chi connectivity index (χ1n) is 11.0. The third kappa shape index (κ3) is 7.66. The number of ether oxygens (including phenoxy) is 1. The highest BCUT2D eigenvalue weighted by atomic mass is 127. The molecule has 0 aliphatic carbocycles. The van der Waals surface area contributed by atoms with Crippen LogP contribution in [-0.4, -0.2) is 65.0 Å². The molecule has 0 saturated carbocycles. The second-order valence-corrected chi connectivity index (χ2v) is 7.76. The average molecular weight is 559 g/mol. The van der Waals surface area contributed by atoms with Crippen molar-refractivity contribution < 1.29 is 9.13 Å². The van der Waals surface area contributed by atoms with E-state index in [2.05, 4.69) is 32.7 Å². The van der Waals surface area contributed by atoms with Crippen LogP contribution in [0, 0.1) is 12.7 Å². The zero-order valence-electron chi connectivity index (χ0n) is 19.2. The lowest BCUT2D eigenvalue weighted by atomic mass is 10.0. The predicted molar refractivity (Wildman–Crippen MR) is 135 cm³/mol. The van der Waals surface area contributed by atoms with E-state index in [0.29, 0.717) is 26.3 Å². The van der Waals surface area contributed by atoms with E-state index >= 15 is 0 Å². The van der Waals surface area contributed by atoms with Gasteiger partial charge >= 0.3 is 0 Å². The third-order valence-electron chi connectivity index (χ3n) is 5.59. The minimum Gasteiger partial charge on any atom is -0.379 e. The molecular formula is C22H35FIN7O. The van der Waals surface area contributed by atoms with Crippen LogP contribution in [0.25, 0.3) is 0 Å². The van der Waals surface area contributed by atoms with Crippen LogP contribution >= 0.6 is 24.0 Å². The summed E-state index contributed by atoms with van der Waals surface area (Å²) in [7, 11) is 1.95. The fourth-order valence-electron chi connectivity index (χ4n) is 3.52. The van der Waals surface area contributed by atoms with Gasteiger partial charge in [0.2, 0.25) is 0 Å². The van der Waals surface area contributed by atoms with Crippen LogP contribution in [0.1, 0.15) is 43.0 Å². The molecule has 2 N–H and O–H groups in total. The summed E-state index contributed by atoms with van der Waals surface area (Å²) in [6.07, 6.45) is 2.17. The van der Waals surface area contributed by atoms with E-state index in [0.717, 1.165) is 55.6 Å². The lowest BCUT2D eigenvalue weighted by Crippen LogP contribution is -2.46. The number of unbranched alkanes of at least 4 members (excludes halogenated alkanes) is 1. The van der Waals surface area contributed by atoms with Crippen molar-refractivity contribution in [3.63, 3.8) is 0 Å². The number of aromatic nitrogens is 3. The molecule has 8 nitrogen and oxygen atoms in total. The number of guanidine groups is 1. The Kier molecular flexibility index (Phi) is 11.3. The topological polar surface area (TPSA) is 79.6 Å². The number of aryl methyl sites for hydroxylation is 1. The fraction of sp³-hybridized carbons (Fsp3) is 0.591. The number of hydrogen-bond donors (Lipinski definition) is 2. The van der Waals surface area contributed by atoms with Gasteiger partial charge in [0.25, 0.3) is 0 Å². The number of halogens is 2. The van der Waals surface area contributed by atoms with Gasteiger partial charge in [0.15, 0.2) is 11.8 Å². The molecule has 1 fully saturated rings. The van der Waals surface area contributed by atoms with Crippen molar-refractivity contribution in [2.24, 2.45) is 12.0 Å². The van der Waals surface area contributed by atoms with Crippen molar-refractivity contribution in [1.82, 2.24) is 30.3 Å². The Balaban J connectivity index is 0.00000363. The second-order valence-electron chi connectivity index (χ2n) is 7.76. The number of benzene rings is 1. The molecule has 1 aliphatic rings. The quantitative estimate of drug-likeness (QED) is 0.213. The maximum atomic E-state index is 13.5. The molecule has 1 atom stereocenters. The minimum absolute atomic E-state index is 0. The van der Waals surface area contributed by atoms with Gasteiger partial charge in [0.1, 0.15) is 18.2 Å². The molecule has 178 valence electrons. The summed E-state index contributed by atoms with van der Waals surface area (Å²) in [4.78, 5) is 7.11. The Labute approximate surface area is 207 Å². The molecule has 1 aromatic carbocycles. The van der Waals surface area contributed by atoms with Crippen LogP contribution in [0.15, 0.2) is 29.3 Å². The average Bonchev–Trinajstić information content (AvgIpc) is 3.11. The normalized spacial score (nSPS) is 15.8. The molecule has 10 heteroatoms. The second kappa shape index (κ2) is 13.7. The molecular weight excluding hydrogens is 524 g/mol. The number of rotatable bonds is 9. The van der Waals surface area contributed by atoms with Crippen LogP contribution in [-0.2, 0) is 18.3 Å². The van der Waals surface area contributed by atoms with Crippen LogP contribution in [0.5, 0.6) is 0 Å². The van der Waals surface area contributed by atoms with E-state index in [1.54, 1.807) is 0 Å². The van der Waals surface area contributed by atoms with Gasteiger partial charge in [-0.2, -0.15) is 0 Å².